The van der Waals surface area contributed by atoms with Crippen LogP contribution in [0.3, 0.4) is 0 Å². The van der Waals surface area contributed by atoms with Crippen LogP contribution in [0.4, 0.5) is 4.39 Å². The molecule has 3 rings (SSSR count). The van der Waals surface area contributed by atoms with Gasteiger partial charge in [-0.3, -0.25) is 10.4 Å². The summed E-state index contributed by atoms with van der Waals surface area (Å²) in [5.74, 6) is 0.0282. The highest BCUT2D eigenvalue weighted by atomic mass is 19.1. The van der Waals surface area contributed by atoms with Gasteiger partial charge in [0.25, 0.3) is 0 Å². The van der Waals surface area contributed by atoms with Crippen LogP contribution in [0.1, 0.15) is 17.1 Å². The van der Waals surface area contributed by atoms with Crippen LogP contribution in [0.15, 0.2) is 73.2 Å². The molecule has 25 heavy (non-hydrogen) atoms. The monoisotopic (exact) mass is 333 g/mol. The normalized spacial score (nSPS) is 11.2. The van der Waals surface area contributed by atoms with Crippen molar-refractivity contribution in [3.8, 4) is 0 Å². The highest BCUT2D eigenvalue weighted by molar-refractivity contribution is 6.07. The van der Waals surface area contributed by atoms with Crippen molar-refractivity contribution in [3.63, 3.8) is 0 Å². The van der Waals surface area contributed by atoms with Crippen molar-refractivity contribution < 1.29 is 4.39 Å². The quantitative estimate of drug-likeness (QED) is 0.679. The molecule has 5 nitrogen and oxygen atoms in total. The summed E-state index contributed by atoms with van der Waals surface area (Å²) in [4.78, 5) is 12.4. The molecule has 2 aromatic heterocycles. The number of halogens is 1. The Kier molecular flexibility index (Phi) is 5.21. The molecule has 0 radical (unpaired) electrons. The molecule has 0 spiro atoms. The van der Waals surface area contributed by atoms with Gasteiger partial charge in [0.2, 0.25) is 0 Å². The zero-order valence-electron chi connectivity index (χ0n) is 13.4. The number of allylic oxidation sites excluding steroid dienone is 1. The smallest absolute Gasteiger partial charge is 0.177 e. The average Bonchev–Trinajstić information content (AvgIpc) is 2.67. The van der Waals surface area contributed by atoms with Crippen LogP contribution in [0.5, 0.6) is 0 Å². The van der Waals surface area contributed by atoms with E-state index < -0.39 is 0 Å². The molecule has 0 amide bonds. The van der Waals surface area contributed by atoms with Gasteiger partial charge in [0.15, 0.2) is 5.82 Å². The molecular weight excluding hydrogens is 317 g/mol. The first-order valence-electron chi connectivity index (χ1n) is 7.70. The Bertz CT molecular complexity index is 879. The molecule has 0 saturated carbocycles. The number of pyridine rings is 1. The highest BCUT2D eigenvalue weighted by Crippen LogP contribution is 2.12. The predicted molar refractivity (Wildman–Crippen MR) is 94.3 cm³/mol. The van der Waals surface area contributed by atoms with Crippen LogP contribution in [0.2, 0.25) is 0 Å². The average molecular weight is 333 g/mol. The molecule has 124 valence electrons. The zero-order valence-corrected chi connectivity index (χ0v) is 13.4. The van der Waals surface area contributed by atoms with Gasteiger partial charge in [-0.05, 0) is 30.3 Å². The Morgan fingerprint density at radius 2 is 1.68 bits per heavy atom. The van der Waals surface area contributed by atoms with Crippen LogP contribution >= 0.6 is 0 Å². The summed E-state index contributed by atoms with van der Waals surface area (Å²) in [5, 5.41) is 11.3. The molecule has 0 fully saturated rings. The zero-order chi connectivity index (χ0) is 17.5. The minimum atomic E-state index is -0.281. The molecular formula is C19H16FN5. The summed E-state index contributed by atoms with van der Waals surface area (Å²) >= 11 is 0. The Labute approximate surface area is 144 Å². The standard InChI is InChI=1S/C19H16FN5/c20-15-7-2-1-6-14(15)13-25-18(17-8-3-4-9-22-17)12-16(21)19-23-10-5-11-24-19/h1-12,21,25H,13H2/b18-12-,21-16?. The molecule has 0 saturated heterocycles. The topological polar surface area (TPSA) is 74.6 Å². The van der Waals surface area contributed by atoms with E-state index in [2.05, 4.69) is 20.3 Å². The number of hydrogen-bond donors (Lipinski definition) is 2. The second kappa shape index (κ2) is 7.92. The molecule has 0 unspecified atom stereocenters. The highest BCUT2D eigenvalue weighted by Gasteiger charge is 2.08. The third-order valence-corrected chi connectivity index (χ3v) is 3.46. The molecule has 0 aliphatic carbocycles. The Morgan fingerprint density at radius 1 is 0.960 bits per heavy atom. The second-order valence-electron chi connectivity index (χ2n) is 5.20. The van der Waals surface area contributed by atoms with E-state index in [0.29, 0.717) is 22.8 Å². The van der Waals surface area contributed by atoms with Crippen LogP contribution in [0.25, 0.3) is 5.70 Å². The minimum Gasteiger partial charge on any atom is -0.379 e. The van der Waals surface area contributed by atoms with E-state index in [1.54, 1.807) is 48.9 Å². The number of nitrogens with one attached hydrogen (secondary N) is 2. The molecule has 6 heteroatoms. The van der Waals surface area contributed by atoms with E-state index in [1.807, 2.05) is 18.2 Å². The largest absolute Gasteiger partial charge is 0.379 e. The number of rotatable bonds is 6. The van der Waals surface area contributed by atoms with Crippen molar-refractivity contribution in [1.29, 1.82) is 5.41 Å². The molecule has 3 aromatic rings. The summed E-state index contributed by atoms with van der Waals surface area (Å²) in [6.45, 7) is 0.276. The van der Waals surface area contributed by atoms with Gasteiger partial charge >= 0.3 is 0 Å². The maximum absolute atomic E-state index is 13.8. The first kappa shape index (κ1) is 16.4. The van der Waals surface area contributed by atoms with Gasteiger partial charge in [-0.2, -0.15) is 0 Å². The third-order valence-electron chi connectivity index (χ3n) is 3.46. The first-order valence-corrected chi connectivity index (χ1v) is 7.70. The number of nitrogens with zero attached hydrogens (tertiary/aromatic N) is 3. The molecule has 1 aromatic carbocycles. The van der Waals surface area contributed by atoms with E-state index in [9.17, 15) is 4.39 Å². The molecule has 0 bridgehead atoms. The van der Waals surface area contributed by atoms with Crippen molar-refractivity contribution >= 4 is 11.4 Å². The van der Waals surface area contributed by atoms with Crippen molar-refractivity contribution in [2.45, 2.75) is 6.54 Å². The Balaban J connectivity index is 1.87. The van der Waals surface area contributed by atoms with Crippen LogP contribution in [-0.4, -0.2) is 20.7 Å². The van der Waals surface area contributed by atoms with E-state index in [-0.39, 0.29) is 18.1 Å². The van der Waals surface area contributed by atoms with Crippen LogP contribution < -0.4 is 5.32 Å². The lowest BCUT2D eigenvalue weighted by atomic mass is 10.1. The summed E-state index contributed by atoms with van der Waals surface area (Å²) in [6, 6.07) is 13.7. The third kappa shape index (κ3) is 4.32. The summed E-state index contributed by atoms with van der Waals surface area (Å²) < 4.78 is 13.8. The summed E-state index contributed by atoms with van der Waals surface area (Å²) in [7, 11) is 0. The first-order chi connectivity index (χ1) is 12.2. The lowest BCUT2D eigenvalue weighted by Gasteiger charge is -2.11. The summed E-state index contributed by atoms with van der Waals surface area (Å²) in [5.41, 5.74) is 1.93. The van der Waals surface area contributed by atoms with Gasteiger partial charge in [-0.25, -0.2) is 14.4 Å². The Hall–Kier alpha value is -3.41. The lowest BCUT2D eigenvalue weighted by molar-refractivity contribution is 0.605. The van der Waals surface area contributed by atoms with E-state index in [0.717, 1.165) is 0 Å². The van der Waals surface area contributed by atoms with E-state index in [1.165, 1.54) is 6.07 Å². The van der Waals surface area contributed by atoms with Gasteiger partial charge in [0.05, 0.1) is 11.4 Å². The fourth-order valence-electron chi connectivity index (χ4n) is 2.22. The number of aromatic nitrogens is 3. The fourth-order valence-corrected chi connectivity index (χ4v) is 2.22. The minimum absolute atomic E-state index is 0.141. The molecule has 2 heterocycles. The maximum Gasteiger partial charge on any atom is 0.177 e. The lowest BCUT2D eigenvalue weighted by Crippen LogP contribution is -2.16. The van der Waals surface area contributed by atoms with Gasteiger partial charge < -0.3 is 5.32 Å². The van der Waals surface area contributed by atoms with Gasteiger partial charge in [-0.1, -0.05) is 24.3 Å². The second-order valence-corrected chi connectivity index (χ2v) is 5.20. The van der Waals surface area contributed by atoms with Crippen LogP contribution in [-0.2, 0) is 6.54 Å². The van der Waals surface area contributed by atoms with Gasteiger partial charge in [-0.15, -0.1) is 0 Å². The van der Waals surface area contributed by atoms with Crippen molar-refractivity contribution in [1.82, 2.24) is 20.3 Å². The molecule has 0 aliphatic heterocycles. The van der Waals surface area contributed by atoms with Crippen molar-refractivity contribution in [2.75, 3.05) is 0 Å². The number of benzene rings is 1. The fraction of sp³-hybridized carbons (Fsp3) is 0.0526. The SMILES string of the molecule is N=C(/C=C(\NCc1ccccc1F)c1ccccn1)c1ncccn1. The maximum atomic E-state index is 13.8. The molecule has 0 aliphatic rings. The molecule has 2 N–H and O–H groups in total. The van der Waals surface area contributed by atoms with Crippen LogP contribution in [0, 0.1) is 11.2 Å². The van der Waals surface area contributed by atoms with Crippen molar-refractivity contribution in [2.24, 2.45) is 0 Å². The van der Waals surface area contributed by atoms with E-state index >= 15 is 0 Å². The van der Waals surface area contributed by atoms with Crippen molar-refractivity contribution in [3.05, 3.63) is 96.1 Å². The number of hydrogen-bond acceptors (Lipinski definition) is 5. The van der Waals surface area contributed by atoms with E-state index in [4.69, 9.17) is 5.41 Å². The molecule has 0 atom stereocenters. The summed E-state index contributed by atoms with van der Waals surface area (Å²) in [6.07, 6.45) is 6.42. The van der Waals surface area contributed by atoms with Gasteiger partial charge in [0.1, 0.15) is 11.5 Å². The van der Waals surface area contributed by atoms with Gasteiger partial charge in [0, 0.05) is 30.7 Å². The predicted octanol–water partition coefficient (Wildman–Crippen LogP) is 3.21. The Morgan fingerprint density at radius 3 is 2.40 bits per heavy atom.